The number of alkyl halides is 3. The van der Waals surface area contributed by atoms with Crippen LogP contribution < -0.4 is 16.4 Å². The number of carbonyl (C=O) groups is 1. The molecule has 0 atom stereocenters. The lowest BCUT2D eigenvalue weighted by molar-refractivity contribution is -0.139. The molecule has 3 heterocycles. The second kappa shape index (κ2) is 6.40. The number of phenolic OH excluding ortho intramolecular Hbond substituents is 1. The molecule has 3 aromatic rings. The first kappa shape index (κ1) is 20.6. The molecule has 4 rings (SSSR count). The molecule has 2 aromatic heterocycles. The zero-order valence-electron chi connectivity index (χ0n) is 17.1. The second-order valence-corrected chi connectivity index (χ2v) is 7.62. The Hall–Kier alpha value is -3.69. The van der Waals surface area contributed by atoms with Crippen LogP contribution in [0.2, 0.25) is 0 Å². The third-order valence-corrected chi connectivity index (χ3v) is 5.73. The van der Waals surface area contributed by atoms with Gasteiger partial charge in [0.05, 0.1) is 16.8 Å². The molecule has 162 valence electrons. The normalized spacial score (nSPS) is 13.9. The van der Waals surface area contributed by atoms with E-state index in [-0.39, 0.29) is 29.3 Å². The number of anilines is 2. The van der Waals surface area contributed by atoms with E-state index in [9.17, 15) is 23.1 Å². The largest absolute Gasteiger partial charge is 0.508 e. The number of rotatable bonds is 2. The van der Waals surface area contributed by atoms with Crippen LogP contribution in [0.5, 0.6) is 5.75 Å². The molecule has 0 aliphatic carbocycles. The quantitative estimate of drug-likeness (QED) is 0.575. The van der Waals surface area contributed by atoms with E-state index in [0.717, 1.165) is 0 Å². The maximum Gasteiger partial charge on any atom is 0.434 e. The fourth-order valence-corrected chi connectivity index (χ4v) is 4.21. The molecule has 0 radical (unpaired) electrons. The van der Waals surface area contributed by atoms with E-state index in [1.54, 1.807) is 27.0 Å². The molecule has 0 fully saturated rings. The molecular formula is C21H20F3N5O2. The van der Waals surface area contributed by atoms with Crippen LogP contribution in [0.15, 0.2) is 24.4 Å². The number of halogens is 3. The number of nitrogen functional groups attached to an aromatic ring is 1. The molecule has 10 heteroatoms. The van der Waals surface area contributed by atoms with Crippen molar-refractivity contribution in [1.82, 2.24) is 9.55 Å². The van der Waals surface area contributed by atoms with Gasteiger partial charge in [-0.2, -0.15) is 13.2 Å². The zero-order valence-corrected chi connectivity index (χ0v) is 17.1. The van der Waals surface area contributed by atoms with E-state index in [1.165, 1.54) is 15.5 Å². The van der Waals surface area contributed by atoms with Crippen molar-refractivity contribution in [1.29, 1.82) is 0 Å². The van der Waals surface area contributed by atoms with Crippen LogP contribution in [0.25, 0.3) is 16.6 Å². The van der Waals surface area contributed by atoms with Gasteiger partial charge in [0.15, 0.2) is 5.69 Å². The minimum atomic E-state index is -4.87. The highest BCUT2D eigenvalue weighted by Gasteiger charge is 2.42. The number of nitrogens with two attached hydrogens (primary N) is 2. The number of phenols is 1. The van der Waals surface area contributed by atoms with Crippen LogP contribution in [0.3, 0.4) is 0 Å². The highest BCUT2D eigenvalue weighted by molar-refractivity contribution is 6.14. The average molecular weight is 431 g/mol. The molecule has 0 saturated heterocycles. The molecule has 1 aliphatic heterocycles. The van der Waals surface area contributed by atoms with Crippen LogP contribution in [0, 0.1) is 13.8 Å². The van der Waals surface area contributed by atoms with E-state index in [1.807, 2.05) is 0 Å². The summed E-state index contributed by atoms with van der Waals surface area (Å²) >= 11 is 0. The Morgan fingerprint density at radius 3 is 2.52 bits per heavy atom. The second-order valence-electron chi connectivity index (χ2n) is 7.62. The van der Waals surface area contributed by atoms with Crippen molar-refractivity contribution in [3.8, 4) is 11.4 Å². The molecular weight excluding hydrogens is 411 g/mol. The Bertz CT molecular complexity index is 1310. The molecule has 1 amide bonds. The number of aromatic nitrogens is 2. The maximum absolute atomic E-state index is 14.1. The number of hydrogen-bond donors (Lipinski definition) is 3. The Morgan fingerprint density at radius 2 is 1.94 bits per heavy atom. The van der Waals surface area contributed by atoms with Crippen LogP contribution in [0.1, 0.15) is 32.7 Å². The summed E-state index contributed by atoms with van der Waals surface area (Å²) in [4.78, 5) is 17.6. The van der Waals surface area contributed by atoms with Crippen molar-refractivity contribution in [2.75, 3.05) is 17.7 Å². The standard InChI is InChI=1S/C21H20F3N5O2/c1-8-5-6-12(30)10(3)15(8)29-16-11-7-9(2)28(4)20(11)27-17(21(22,23)24)13(16)14(18(29)25)19(26)31/h5-6,30H,2,7,25H2,1,3-4H3,(H2,26,31). The van der Waals surface area contributed by atoms with Crippen molar-refractivity contribution in [3.63, 3.8) is 0 Å². The molecule has 0 bridgehead atoms. The van der Waals surface area contributed by atoms with Crippen LogP contribution in [0.4, 0.5) is 24.8 Å². The molecule has 1 aromatic carbocycles. The number of fused-ring (bicyclic) bond motifs is 3. The molecule has 0 saturated carbocycles. The number of likely N-dealkylation sites (N-methyl/N-ethyl adjacent to an activating group) is 1. The topological polar surface area (TPSA) is 110 Å². The Kier molecular flexibility index (Phi) is 4.25. The Balaban J connectivity index is 2.33. The van der Waals surface area contributed by atoms with Crippen molar-refractivity contribution in [2.24, 2.45) is 5.73 Å². The van der Waals surface area contributed by atoms with E-state index < -0.39 is 28.7 Å². The van der Waals surface area contributed by atoms with Gasteiger partial charge in [0.2, 0.25) is 0 Å². The average Bonchev–Trinajstić information content (AvgIpc) is 3.12. The monoisotopic (exact) mass is 431 g/mol. The summed E-state index contributed by atoms with van der Waals surface area (Å²) in [5.74, 6) is -1.34. The summed E-state index contributed by atoms with van der Waals surface area (Å²) in [7, 11) is 1.57. The minimum Gasteiger partial charge on any atom is -0.508 e. The van der Waals surface area contributed by atoms with Crippen molar-refractivity contribution < 1.29 is 23.1 Å². The lowest BCUT2D eigenvalue weighted by Crippen LogP contribution is -2.17. The summed E-state index contributed by atoms with van der Waals surface area (Å²) in [5, 5.41) is 9.81. The zero-order chi connectivity index (χ0) is 23.0. The number of allylic oxidation sites excluding steroid dienone is 1. The van der Waals surface area contributed by atoms with Gasteiger partial charge in [-0.15, -0.1) is 0 Å². The maximum atomic E-state index is 14.1. The number of benzene rings is 1. The van der Waals surface area contributed by atoms with Crippen molar-refractivity contribution in [2.45, 2.75) is 26.4 Å². The predicted octanol–water partition coefficient (Wildman–Crippen LogP) is 3.55. The van der Waals surface area contributed by atoms with Gasteiger partial charge in [-0.05, 0) is 25.5 Å². The molecule has 7 nitrogen and oxygen atoms in total. The number of nitrogens with zero attached hydrogens (tertiary/aromatic N) is 3. The van der Waals surface area contributed by atoms with Gasteiger partial charge in [0, 0.05) is 35.7 Å². The van der Waals surface area contributed by atoms with Crippen LogP contribution in [-0.4, -0.2) is 27.6 Å². The van der Waals surface area contributed by atoms with Crippen molar-refractivity contribution >= 4 is 28.4 Å². The summed E-state index contributed by atoms with van der Waals surface area (Å²) in [6.45, 7) is 7.24. The molecule has 1 aliphatic rings. The first-order chi connectivity index (χ1) is 14.4. The fourth-order valence-electron chi connectivity index (χ4n) is 4.21. The van der Waals surface area contributed by atoms with Crippen molar-refractivity contribution in [3.05, 3.63) is 52.4 Å². The van der Waals surface area contributed by atoms with Crippen LogP contribution in [-0.2, 0) is 12.6 Å². The van der Waals surface area contributed by atoms with Crippen LogP contribution >= 0.6 is 0 Å². The first-order valence-corrected chi connectivity index (χ1v) is 9.31. The van der Waals surface area contributed by atoms with Gasteiger partial charge < -0.3 is 21.5 Å². The Morgan fingerprint density at radius 1 is 1.29 bits per heavy atom. The minimum absolute atomic E-state index is 0.0641. The van der Waals surface area contributed by atoms with Gasteiger partial charge in [-0.3, -0.25) is 9.36 Å². The number of aromatic hydroxyl groups is 1. The van der Waals surface area contributed by atoms with E-state index in [4.69, 9.17) is 11.5 Å². The lowest BCUT2D eigenvalue weighted by atomic mass is 10.0. The molecule has 5 N–H and O–H groups in total. The van der Waals surface area contributed by atoms with Gasteiger partial charge in [0.1, 0.15) is 17.4 Å². The van der Waals surface area contributed by atoms with Gasteiger partial charge in [0.25, 0.3) is 5.91 Å². The molecule has 0 spiro atoms. The molecule has 0 unspecified atom stereocenters. The SMILES string of the molecule is C=C1Cc2c(nc(C(F)(F)F)c3c(C(N)=O)c(N)n(-c4c(C)ccc(O)c4C)c23)N1C. The number of primary amides is 1. The number of carbonyl (C=O) groups excluding carboxylic acids is 1. The predicted molar refractivity (Wildman–Crippen MR) is 111 cm³/mol. The summed E-state index contributed by atoms with van der Waals surface area (Å²) < 4.78 is 43.6. The summed E-state index contributed by atoms with van der Waals surface area (Å²) in [5.41, 5.74) is 12.5. The van der Waals surface area contributed by atoms with E-state index in [0.29, 0.717) is 28.1 Å². The number of aryl methyl sites for hydroxylation is 1. The highest BCUT2D eigenvalue weighted by atomic mass is 19.4. The van der Waals surface area contributed by atoms with E-state index >= 15 is 0 Å². The number of pyridine rings is 1. The summed E-state index contributed by atoms with van der Waals surface area (Å²) in [6, 6.07) is 3.10. The van der Waals surface area contributed by atoms with Gasteiger partial charge in [-0.1, -0.05) is 12.6 Å². The summed E-state index contributed by atoms with van der Waals surface area (Å²) in [6.07, 6.45) is -4.66. The lowest BCUT2D eigenvalue weighted by Gasteiger charge is -2.18. The number of hydrogen-bond acceptors (Lipinski definition) is 5. The molecule has 31 heavy (non-hydrogen) atoms. The van der Waals surface area contributed by atoms with Gasteiger partial charge in [-0.25, -0.2) is 4.98 Å². The Labute approximate surface area is 175 Å². The third kappa shape index (κ3) is 2.74. The van der Waals surface area contributed by atoms with Gasteiger partial charge >= 0.3 is 6.18 Å². The first-order valence-electron chi connectivity index (χ1n) is 9.31. The smallest absolute Gasteiger partial charge is 0.434 e. The number of amides is 1. The van der Waals surface area contributed by atoms with E-state index in [2.05, 4.69) is 11.6 Å². The third-order valence-electron chi connectivity index (χ3n) is 5.73. The highest BCUT2D eigenvalue weighted by Crippen LogP contribution is 2.47. The fraction of sp³-hybridized carbons (Fsp3) is 0.238.